The van der Waals surface area contributed by atoms with E-state index in [0.717, 1.165) is 19.4 Å². The molecular weight excluding hydrogens is 266 g/mol. The van der Waals surface area contributed by atoms with E-state index in [-0.39, 0.29) is 16.7 Å². The van der Waals surface area contributed by atoms with Gasteiger partial charge in [0.05, 0.1) is 16.5 Å². The summed E-state index contributed by atoms with van der Waals surface area (Å²) < 4.78 is 1.89. The second kappa shape index (κ2) is 7.07. The molecule has 2 rings (SSSR count). The van der Waals surface area contributed by atoms with Gasteiger partial charge in [0, 0.05) is 12.7 Å². The van der Waals surface area contributed by atoms with E-state index in [1.807, 2.05) is 4.57 Å². The lowest BCUT2D eigenvalue weighted by molar-refractivity contribution is 0.112. The first-order valence-corrected chi connectivity index (χ1v) is 7.49. The molecule has 4 heteroatoms. The molecule has 1 aromatic carbocycles. The number of nitrogens with zero attached hydrogens (tertiary/aromatic N) is 1. The van der Waals surface area contributed by atoms with Crippen molar-refractivity contribution in [2.24, 2.45) is 0 Å². The van der Waals surface area contributed by atoms with Gasteiger partial charge in [0.2, 0.25) is 5.43 Å². The Hall–Kier alpha value is -2.10. The zero-order chi connectivity index (χ0) is 15.2. The van der Waals surface area contributed by atoms with Crippen molar-refractivity contribution < 1.29 is 9.90 Å². The highest BCUT2D eigenvalue weighted by molar-refractivity contribution is 5.90. The number of unbranched alkanes of at least 4 members (excludes halogenated alkanes) is 4. The summed E-state index contributed by atoms with van der Waals surface area (Å²) >= 11 is 0. The van der Waals surface area contributed by atoms with Crippen LogP contribution in [0, 0.1) is 0 Å². The van der Waals surface area contributed by atoms with Crippen LogP contribution < -0.4 is 5.43 Å². The minimum atomic E-state index is -0.402. The summed E-state index contributed by atoms with van der Waals surface area (Å²) in [5.74, 6) is -0.0686. The molecule has 21 heavy (non-hydrogen) atoms. The van der Waals surface area contributed by atoms with E-state index in [1.165, 1.54) is 25.3 Å². The van der Waals surface area contributed by atoms with Gasteiger partial charge in [-0.15, -0.1) is 0 Å². The summed E-state index contributed by atoms with van der Waals surface area (Å²) in [4.78, 5) is 23.2. The van der Waals surface area contributed by atoms with Gasteiger partial charge in [0.15, 0.2) is 6.29 Å². The zero-order valence-corrected chi connectivity index (χ0v) is 12.3. The average Bonchev–Trinajstić information content (AvgIpc) is 2.49. The predicted octanol–water partition coefficient (Wildman–Crippen LogP) is 3.49. The Balaban J connectivity index is 2.34. The molecule has 0 unspecified atom stereocenters. The number of aldehydes is 1. The number of carbonyl (C=O) groups excluding carboxylic acids is 1. The quantitative estimate of drug-likeness (QED) is 0.626. The normalized spacial score (nSPS) is 10.9. The van der Waals surface area contributed by atoms with Crippen LogP contribution in [-0.2, 0) is 6.54 Å². The number of rotatable bonds is 7. The van der Waals surface area contributed by atoms with Crippen LogP contribution in [0.5, 0.6) is 5.75 Å². The summed E-state index contributed by atoms with van der Waals surface area (Å²) in [5, 5.41) is 10.1. The fourth-order valence-corrected chi connectivity index (χ4v) is 2.60. The summed E-state index contributed by atoms with van der Waals surface area (Å²) in [6.45, 7) is 2.92. The second-order valence-corrected chi connectivity index (χ2v) is 5.31. The van der Waals surface area contributed by atoms with Gasteiger partial charge >= 0.3 is 0 Å². The highest BCUT2D eigenvalue weighted by atomic mass is 16.3. The highest BCUT2D eigenvalue weighted by Gasteiger charge is 2.11. The number of aromatic hydroxyl groups is 1. The minimum Gasteiger partial charge on any atom is -0.507 e. The summed E-state index contributed by atoms with van der Waals surface area (Å²) in [5.41, 5.74) is 0.374. The number of pyridine rings is 1. The van der Waals surface area contributed by atoms with Crippen molar-refractivity contribution in [2.75, 3.05) is 0 Å². The van der Waals surface area contributed by atoms with Crippen molar-refractivity contribution in [3.05, 3.63) is 40.2 Å². The van der Waals surface area contributed by atoms with E-state index in [4.69, 9.17) is 0 Å². The lowest BCUT2D eigenvalue weighted by atomic mass is 10.1. The topological polar surface area (TPSA) is 59.3 Å². The molecule has 0 bridgehead atoms. The maximum atomic E-state index is 12.1. The predicted molar refractivity (Wildman–Crippen MR) is 84.0 cm³/mol. The molecule has 0 atom stereocenters. The van der Waals surface area contributed by atoms with Gasteiger partial charge in [0.25, 0.3) is 0 Å². The molecule has 0 saturated heterocycles. The molecule has 0 aliphatic rings. The molecule has 0 aliphatic carbocycles. The molecule has 0 spiro atoms. The zero-order valence-electron chi connectivity index (χ0n) is 12.3. The minimum absolute atomic E-state index is 0.0686. The number of benzene rings is 1. The van der Waals surface area contributed by atoms with Crippen LogP contribution in [0.4, 0.5) is 0 Å². The van der Waals surface area contributed by atoms with Gasteiger partial charge in [-0.05, 0) is 18.6 Å². The molecule has 4 nitrogen and oxygen atoms in total. The van der Waals surface area contributed by atoms with Crippen LogP contribution in [0.2, 0.25) is 0 Å². The Morgan fingerprint density at radius 1 is 1.19 bits per heavy atom. The third-order valence-electron chi connectivity index (χ3n) is 3.74. The van der Waals surface area contributed by atoms with Crippen LogP contribution >= 0.6 is 0 Å². The van der Waals surface area contributed by atoms with Gasteiger partial charge in [-0.3, -0.25) is 9.59 Å². The molecule has 1 aromatic heterocycles. The van der Waals surface area contributed by atoms with Crippen molar-refractivity contribution in [3.63, 3.8) is 0 Å². The number of carbonyl (C=O) groups is 1. The molecule has 0 fully saturated rings. The molecule has 0 radical (unpaired) electrons. The molecule has 2 aromatic rings. The fourth-order valence-electron chi connectivity index (χ4n) is 2.60. The van der Waals surface area contributed by atoms with Crippen LogP contribution in [-0.4, -0.2) is 16.0 Å². The number of aryl methyl sites for hydroxylation is 1. The lowest BCUT2D eigenvalue weighted by Crippen LogP contribution is -2.14. The van der Waals surface area contributed by atoms with E-state index < -0.39 is 5.43 Å². The number of aromatic nitrogens is 1. The molecule has 0 aliphatic heterocycles. The van der Waals surface area contributed by atoms with Gasteiger partial charge in [-0.25, -0.2) is 0 Å². The molecule has 1 heterocycles. The SMILES string of the molecule is CCCCCCCn1cc(C=O)c(=O)c2c(O)cccc21. The number of fused-ring (bicyclic) bond motifs is 1. The molecule has 1 N–H and O–H groups in total. The van der Waals surface area contributed by atoms with Crippen molar-refractivity contribution in [3.8, 4) is 5.75 Å². The summed E-state index contributed by atoms with van der Waals surface area (Å²) in [6.07, 6.45) is 7.89. The van der Waals surface area contributed by atoms with E-state index in [9.17, 15) is 14.7 Å². The third kappa shape index (κ3) is 3.32. The Morgan fingerprint density at radius 2 is 1.95 bits per heavy atom. The third-order valence-corrected chi connectivity index (χ3v) is 3.74. The van der Waals surface area contributed by atoms with E-state index >= 15 is 0 Å². The van der Waals surface area contributed by atoms with Crippen molar-refractivity contribution >= 4 is 17.2 Å². The van der Waals surface area contributed by atoms with Crippen molar-refractivity contribution in [2.45, 2.75) is 45.6 Å². The summed E-state index contributed by atoms with van der Waals surface area (Å²) in [7, 11) is 0. The molecule has 0 amide bonds. The smallest absolute Gasteiger partial charge is 0.203 e. The lowest BCUT2D eigenvalue weighted by Gasteiger charge is -2.12. The van der Waals surface area contributed by atoms with Gasteiger partial charge in [0.1, 0.15) is 5.75 Å². The maximum Gasteiger partial charge on any atom is 0.203 e. The first-order chi connectivity index (χ1) is 10.2. The largest absolute Gasteiger partial charge is 0.507 e. The number of phenols is 1. The second-order valence-electron chi connectivity index (χ2n) is 5.31. The molecular formula is C17H21NO3. The van der Waals surface area contributed by atoms with E-state index in [1.54, 1.807) is 18.3 Å². The Bertz CT molecular complexity index is 688. The first kappa shape index (κ1) is 15.3. The number of hydrogen-bond donors (Lipinski definition) is 1. The Morgan fingerprint density at radius 3 is 2.67 bits per heavy atom. The van der Waals surface area contributed by atoms with E-state index in [2.05, 4.69) is 6.92 Å². The number of hydrogen-bond acceptors (Lipinski definition) is 3. The van der Waals surface area contributed by atoms with Crippen LogP contribution in [0.25, 0.3) is 10.9 Å². The van der Waals surface area contributed by atoms with Crippen molar-refractivity contribution in [1.29, 1.82) is 0 Å². The standard InChI is InChI=1S/C17H21NO3/c1-2-3-4-5-6-10-18-11-13(12-19)17(21)16-14(18)8-7-9-15(16)20/h7-9,11-12,20H,2-6,10H2,1H3. The maximum absolute atomic E-state index is 12.1. The Labute approximate surface area is 124 Å². The van der Waals surface area contributed by atoms with Gasteiger partial charge in [-0.2, -0.15) is 0 Å². The monoisotopic (exact) mass is 287 g/mol. The fraction of sp³-hybridized carbons (Fsp3) is 0.412. The summed E-state index contributed by atoms with van der Waals surface area (Å²) in [6, 6.07) is 4.99. The average molecular weight is 287 g/mol. The van der Waals surface area contributed by atoms with Gasteiger partial charge in [-0.1, -0.05) is 38.7 Å². The van der Waals surface area contributed by atoms with E-state index in [0.29, 0.717) is 11.8 Å². The van der Waals surface area contributed by atoms with Crippen LogP contribution in [0.15, 0.2) is 29.2 Å². The van der Waals surface area contributed by atoms with Crippen LogP contribution in [0.3, 0.4) is 0 Å². The van der Waals surface area contributed by atoms with Crippen LogP contribution in [0.1, 0.15) is 49.4 Å². The van der Waals surface area contributed by atoms with Gasteiger partial charge < -0.3 is 9.67 Å². The number of phenolic OH excluding ortho intramolecular Hbond substituents is 1. The highest BCUT2D eigenvalue weighted by Crippen LogP contribution is 2.22. The molecule has 0 saturated carbocycles. The first-order valence-electron chi connectivity index (χ1n) is 7.49. The van der Waals surface area contributed by atoms with Crippen molar-refractivity contribution in [1.82, 2.24) is 4.57 Å². The molecule has 112 valence electrons. The Kier molecular flexibility index (Phi) is 5.14.